The number of oxime groups is 1. The second kappa shape index (κ2) is 9.57. The van der Waals surface area contributed by atoms with Crippen molar-refractivity contribution in [3.05, 3.63) is 23.5 Å². The summed E-state index contributed by atoms with van der Waals surface area (Å²) in [6.07, 6.45) is 2.21. The molecule has 1 aliphatic heterocycles. The zero-order chi connectivity index (χ0) is 25.1. The van der Waals surface area contributed by atoms with Gasteiger partial charge in [-0.15, -0.1) is 11.3 Å². The van der Waals surface area contributed by atoms with Crippen LogP contribution in [0.25, 0.3) is 0 Å². The van der Waals surface area contributed by atoms with Gasteiger partial charge in [0.25, 0.3) is 11.8 Å². The first-order valence-corrected chi connectivity index (χ1v) is 11.2. The van der Waals surface area contributed by atoms with Crippen molar-refractivity contribution in [2.75, 3.05) is 12.3 Å². The number of nitrogen functional groups attached to an aromatic ring is 1. The summed E-state index contributed by atoms with van der Waals surface area (Å²) < 4.78 is 32.6. The number of carbonyl (C=O) groups excluding carboxylic acids is 2. The number of hydrogen-bond acceptors (Lipinski definition) is 13. The number of nitrogens with zero attached hydrogens (tertiary/aromatic N) is 4. The van der Waals surface area contributed by atoms with Crippen LogP contribution in [0, 0.1) is 0 Å². The monoisotopic (exact) mass is 506 g/mol. The normalized spacial score (nSPS) is 19.3. The first-order chi connectivity index (χ1) is 15.2. The van der Waals surface area contributed by atoms with Gasteiger partial charge in [0.15, 0.2) is 10.8 Å². The Labute approximate surface area is 191 Å². The number of β-lactam (4-membered cyclic amide) rings is 1. The van der Waals surface area contributed by atoms with Crippen LogP contribution in [0.5, 0.6) is 0 Å². The van der Waals surface area contributed by atoms with Gasteiger partial charge in [-0.05, 0) is 13.8 Å². The van der Waals surface area contributed by atoms with E-state index in [1.165, 1.54) is 19.2 Å². The number of rotatable bonds is 10. The third-order valence-corrected chi connectivity index (χ3v) is 5.86. The predicted octanol–water partition coefficient (Wildman–Crippen LogP) is -2.59. The number of carbonyl (C=O) groups is 3. The minimum Gasteiger partial charge on any atom is -0.478 e. The molecule has 2 atom stereocenters. The molecule has 2 unspecified atom stereocenters. The summed E-state index contributed by atoms with van der Waals surface area (Å²) in [7, 11) is -4.95. The van der Waals surface area contributed by atoms with Gasteiger partial charge >= 0.3 is 16.3 Å². The largest absolute Gasteiger partial charge is 0.478 e. The van der Waals surface area contributed by atoms with Gasteiger partial charge in [-0.25, -0.2) is 19.9 Å². The minimum absolute atomic E-state index is 0.0606. The molecule has 2 amide bonds. The molecule has 0 aromatic carbocycles. The quantitative estimate of drug-likeness (QED) is 0.0626. The molecule has 2 heterocycles. The lowest BCUT2D eigenvalue weighted by atomic mass is 9.98. The average Bonchev–Trinajstić information content (AvgIpc) is 3.10. The van der Waals surface area contributed by atoms with Crippen molar-refractivity contribution in [1.82, 2.24) is 19.6 Å². The van der Waals surface area contributed by atoms with E-state index >= 15 is 0 Å². The van der Waals surface area contributed by atoms with Crippen molar-refractivity contribution < 1.29 is 37.3 Å². The number of aliphatic carboxylic acids is 1. The van der Waals surface area contributed by atoms with Crippen molar-refractivity contribution in [2.45, 2.75) is 31.5 Å². The van der Waals surface area contributed by atoms with Gasteiger partial charge in [0.1, 0.15) is 11.7 Å². The number of thiazole rings is 1. The predicted molar refractivity (Wildman–Crippen MR) is 114 cm³/mol. The lowest BCUT2D eigenvalue weighted by Gasteiger charge is -2.45. The van der Waals surface area contributed by atoms with Gasteiger partial charge in [-0.3, -0.25) is 14.1 Å². The summed E-state index contributed by atoms with van der Waals surface area (Å²) in [6.45, 7) is 2.02. The number of hydrogen-bond donors (Lipinski definition) is 6. The molecule has 33 heavy (non-hydrogen) atoms. The van der Waals surface area contributed by atoms with Crippen molar-refractivity contribution in [3.8, 4) is 0 Å². The topological polar surface area (TPSA) is 257 Å². The van der Waals surface area contributed by atoms with E-state index in [0.717, 1.165) is 28.7 Å². The third kappa shape index (κ3) is 5.86. The van der Waals surface area contributed by atoms with Gasteiger partial charge in [-0.1, -0.05) is 5.16 Å². The van der Waals surface area contributed by atoms with E-state index in [0.29, 0.717) is 0 Å². The number of nitrogens with one attached hydrogen (secondary N) is 1. The van der Waals surface area contributed by atoms with Crippen LogP contribution < -0.4 is 22.6 Å². The lowest BCUT2D eigenvalue weighted by molar-refractivity contribution is -0.161. The number of aromatic nitrogens is 1. The van der Waals surface area contributed by atoms with E-state index in [9.17, 15) is 32.5 Å². The molecule has 18 heteroatoms. The number of carboxylic acid groups (broad SMARTS) is 1. The molecule has 0 saturated carbocycles. The van der Waals surface area contributed by atoms with Crippen LogP contribution in [0.3, 0.4) is 0 Å². The molecule has 0 aliphatic carbocycles. The zero-order valence-electron chi connectivity index (χ0n) is 17.3. The van der Waals surface area contributed by atoms with Crippen molar-refractivity contribution in [3.63, 3.8) is 0 Å². The maximum absolute atomic E-state index is 12.9. The minimum atomic E-state index is -4.95. The number of anilines is 1. The first kappa shape index (κ1) is 25.8. The fourth-order valence-corrected chi connectivity index (χ4v) is 3.96. The molecule has 0 bridgehead atoms. The summed E-state index contributed by atoms with van der Waals surface area (Å²) in [5, 5.41) is 17.3. The van der Waals surface area contributed by atoms with Crippen molar-refractivity contribution in [2.24, 2.45) is 16.7 Å². The van der Waals surface area contributed by atoms with Crippen LogP contribution in [-0.4, -0.2) is 80.1 Å². The lowest BCUT2D eigenvalue weighted by Crippen LogP contribution is -2.74. The summed E-state index contributed by atoms with van der Waals surface area (Å²) in [4.78, 5) is 45.4. The highest BCUT2D eigenvalue weighted by molar-refractivity contribution is 7.84. The van der Waals surface area contributed by atoms with Crippen LogP contribution in [0.2, 0.25) is 0 Å². The van der Waals surface area contributed by atoms with Gasteiger partial charge in [0.05, 0.1) is 12.6 Å². The molecule has 1 aromatic heterocycles. The van der Waals surface area contributed by atoms with Gasteiger partial charge < -0.3 is 31.7 Å². The Kier molecular flexibility index (Phi) is 7.47. The fourth-order valence-electron chi connectivity index (χ4n) is 2.54. The molecule has 1 aliphatic rings. The van der Waals surface area contributed by atoms with Gasteiger partial charge in [0.2, 0.25) is 5.60 Å². The molecule has 2 rings (SSSR count). The molecular weight excluding hydrogens is 484 g/mol. The summed E-state index contributed by atoms with van der Waals surface area (Å²) in [5.74, 6) is 2.05. The van der Waals surface area contributed by atoms with Gasteiger partial charge in [-0.2, -0.15) is 8.42 Å². The first-order valence-electron chi connectivity index (χ1n) is 8.91. The highest BCUT2D eigenvalue weighted by Crippen LogP contribution is 2.25. The summed E-state index contributed by atoms with van der Waals surface area (Å²) >= 11 is 0.951. The second-order valence-electron chi connectivity index (χ2n) is 7.09. The van der Waals surface area contributed by atoms with Gasteiger partial charge in [0, 0.05) is 17.8 Å². The fraction of sp³-hybridized carbons (Fsp3) is 0.400. The third-order valence-electron chi connectivity index (χ3n) is 4.24. The molecule has 1 saturated heterocycles. The van der Waals surface area contributed by atoms with Crippen LogP contribution >= 0.6 is 11.3 Å². The average molecular weight is 507 g/mol. The van der Waals surface area contributed by atoms with E-state index in [1.807, 2.05) is 0 Å². The highest BCUT2D eigenvalue weighted by Gasteiger charge is 2.54. The van der Waals surface area contributed by atoms with Crippen LogP contribution in [0.1, 0.15) is 19.5 Å². The number of nitrogens with two attached hydrogens (primary N) is 3. The Bertz CT molecular complexity index is 1100. The van der Waals surface area contributed by atoms with E-state index in [-0.39, 0.29) is 21.7 Å². The second-order valence-corrected chi connectivity index (χ2v) is 9.27. The highest BCUT2D eigenvalue weighted by atomic mass is 32.2. The molecule has 182 valence electrons. The maximum atomic E-state index is 12.9. The van der Waals surface area contributed by atoms with E-state index in [2.05, 4.69) is 15.5 Å². The number of amides is 2. The Morgan fingerprint density at radius 3 is 2.61 bits per heavy atom. The number of hydrazine groups is 1. The van der Waals surface area contributed by atoms with E-state index < -0.39 is 51.5 Å². The maximum Gasteiger partial charge on any atom is 0.362 e. The zero-order valence-corrected chi connectivity index (χ0v) is 18.9. The molecule has 0 spiro atoms. The molecular formula is C15H22N8O8S2. The molecule has 1 aromatic rings. The Morgan fingerprint density at radius 2 is 2.12 bits per heavy atom. The van der Waals surface area contributed by atoms with Crippen molar-refractivity contribution >= 4 is 50.3 Å². The Balaban J connectivity index is 2.34. The van der Waals surface area contributed by atoms with Crippen LogP contribution in [0.15, 0.2) is 22.9 Å². The van der Waals surface area contributed by atoms with Crippen LogP contribution in [0.4, 0.5) is 5.13 Å². The Hall–Kier alpha value is -3.48. The van der Waals surface area contributed by atoms with Crippen LogP contribution in [-0.2, 0) is 29.5 Å². The number of carboxylic acids is 1. The Morgan fingerprint density at radius 1 is 1.48 bits per heavy atom. The molecule has 0 radical (unpaired) electrons. The summed E-state index contributed by atoms with van der Waals surface area (Å²) in [5.41, 5.74) is 8.36. The van der Waals surface area contributed by atoms with E-state index in [4.69, 9.17) is 22.1 Å². The molecule has 16 nitrogen and oxygen atoms in total. The molecule has 9 N–H and O–H groups in total. The molecule has 1 fully saturated rings. The smallest absolute Gasteiger partial charge is 0.362 e. The summed E-state index contributed by atoms with van der Waals surface area (Å²) in [6, 6.07) is -2.76. The standard InChI is InChI=1S/C15H22N8O8S2/c1-15(2,13(26)27)31-21-9(7-6-32-14(17)19-7)11(24)20-10-8(5-22(18)4-3-16)23(12(10)25)33(28,29)30/h3-4,6,8,10H,5,16,18H2,1-2H3,(H2,17,19)(H,20,24)(H,26,27)(H,28,29,30)/b4-3-,21-9-. The SMILES string of the molecule is CC(C)(O/N=C(\C(=O)NC1C(=O)N(S(=O)(=O)O)C1CN(N)/C=C\N)c1csc(N)n1)C(=O)O. The van der Waals surface area contributed by atoms with E-state index in [1.54, 1.807) is 0 Å². The van der Waals surface area contributed by atoms with Crippen molar-refractivity contribution in [1.29, 1.82) is 0 Å².